The molecule has 1 aliphatic carbocycles. The van der Waals surface area contributed by atoms with Gasteiger partial charge in [-0.25, -0.2) is 4.39 Å². The Kier molecular flexibility index (Phi) is 5.18. The van der Waals surface area contributed by atoms with Crippen molar-refractivity contribution in [3.63, 3.8) is 0 Å². The molecule has 20 heavy (non-hydrogen) atoms. The third-order valence-corrected chi connectivity index (χ3v) is 6.04. The van der Waals surface area contributed by atoms with E-state index in [0.717, 1.165) is 18.4 Å². The van der Waals surface area contributed by atoms with Gasteiger partial charge in [-0.05, 0) is 66.7 Å². The van der Waals surface area contributed by atoms with Crippen molar-refractivity contribution in [2.24, 2.45) is 17.3 Å². The summed E-state index contributed by atoms with van der Waals surface area (Å²) >= 11 is 9.79. The summed E-state index contributed by atoms with van der Waals surface area (Å²) < 4.78 is 13.9. The third-order valence-electron chi connectivity index (χ3n) is 4.60. The van der Waals surface area contributed by atoms with Crippen LogP contribution in [0.25, 0.3) is 0 Å². The van der Waals surface area contributed by atoms with E-state index in [2.05, 4.69) is 36.7 Å². The normalized spacial score (nSPS) is 27.6. The van der Waals surface area contributed by atoms with E-state index in [1.807, 2.05) is 0 Å². The fourth-order valence-corrected chi connectivity index (χ4v) is 4.07. The second-order valence-corrected chi connectivity index (χ2v) is 8.70. The lowest BCUT2D eigenvalue weighted by atomic mass is 9.68. The van der Waals surface area contributed by atoms with Crippen molar-refractivity contribution in [2.45, 2.75) is 51.3 Å². The molecule has 3 heteroatoms. The predicted molar refractivity (Wildman–Crippen MR) is 88.1 cm³/mol. The van der Waals surface area contributed by atoms with Crippen LogP contribution >= 0.6 is 27.5 Å². The smallest absolute Gasteiger partial charge is 0.126 e. The first-order valence-electron chi connectivity index (χ1n) is 7.35. The molecule has 3 atom stereocenters. The van der Waals surface area contributed by atoms with Gasteiger partial charge >= 0.3 is 0 Å². The molecule has 112 valence electrons. The molecule has 0 aromatic heterocycles. The maximum absolute atomic E-state index is 13.9. The average molecular weight is 362 g/mol. The van der Waals surface area contributed by atoms with Gasteiger partial charge in [-0.3, -0.25) is 0 Å². The van der Waals surface area contributed by atoms with Gasteiger partial charge in [-0.1, -0.05) is 48.3 Å². The van der Waals surface area contributed by atoms with Gasteiger partial charge in [0.15, 0.2) is 0 Å². The zero-order chi connectivity index (χ0) is 14.9. The molecular weight excluding hydrogens is 339 g/mol. The Bertz CT molecular complexity index is 467. The number of hydrogen-bond donors (Lipinski definition) is 0. The molecule has 1 fully saturated rings. The number of rotatable bonds is 2. The van der Waals surface area contributed by atoms with Gasteiger partial charge in [0.1, 0.15) is 5.82 Å². The number of halogens is 3. The Morgan fingerprint density at radius 1 is 1.30 bits per heavy atom. The lowest BCUT2D eigenvalue weighted by Gasteiger charge is -2.40. The first-order chi connectivity index (χ1) is 9.27. The van der Waals surface area contributed by atoms with Crippen LogP contribution < -0.4 is 0 Å². The molecule has 1 saturated carbocycles. The van der Waals surface area contributed by atoms with Crippen LogP contribution in [0.4, 0.5) is 4.39 Å². The Hall–Kier alpha value is -0.0800. The molecule has 1 aromatic rings. The van der Waals surface area contributed by atoms with Gasteiger partial charge < -0.3 is 0 Å². The maximum Gasteiger partial charge on any atom is 0.126 e. The zero-order valence-corrected chi connectivity index (χ0v) is 14.8. The molecule has 0 bridgehead atoms. The van der Waals surface area contributed by atoms with Gasteiger partial charge in [0.2, 0.25) is 0 Å². The molecule has 3 unspecified atom stereocenters. The van der Waals surface area contributed by atoms with Crippen LogP contribution in [-0.2, 0) is 6.42 Å². The molecule has 0 aliphatic heterocycles. The minimum atomic E-state index is -0.132. The Morgan fingerprint density at radius 3 is 2.65 bits per heavy atom. The van der Waals surface area contributed by atoms with Gasteiger partial charge in [0.05, 0.1) is 0 Å². The molecule has 2 rings (SSSR count). The molecule has 0 amide bonds. The molecule has 0 nitrogen and oxygen atoms in total. The van der Waals surface area contributed by atoms with E-state index < -0.39 is 0 Å². The minimum Gasteiger partial charge on any atom is -0.207 e. The quantitative estimate of drug-likeness (QED) is 0.546. The van der Waals surface area contributed by atoms with E-state index in [1.165, 1.54) is 18.9 Å². The maximum atomic E-state index is 13.9. The zero-order valence-electron chi connectivity index (χ0n) is 12.4. The Labute approximate surface area is 135 Å². The van der Waals surface area contributed by atoms with E-state index in [-0.39, 0.29) is 5.82 Å². The summed E-state index contributed by atoms with van der Waals surface area (Å²) in [6.45, 7) is 6.93. The highest BCUT2D eigenvalue weighted by Crippen LogP contribution is 2.43. The molecule has 1 aliphatic rings. The summed E-state index contributed by atoms with van der Waals surface area (Å²) in [5.74, 6) is 1.07. The van der Waals surface area contributed by atoms with E-state index in [4.69, 9.17) is 11.6 Å². The highest BCUT2D eigenvalue weighted by Gasteiger charge is 2.35. The highest BCUT2D eigenvalue weighted by molar-refractivity contribution is 9.09. The lowest BCUT2D eigenvalue weighted by molar-refractivity contribution is 0.146. The van der Waals surface area contributed by atoms with Crippen LogP contribution in [0.2, 0.25) is 5.02 Å². The molecule has 0 saturated heterocycles. The van der Waals surface area contributed by atoms with Crippen LogP contribution in [0, 0.1) is 23.1 Å². The Morgan fingerprint density at radius 2 is 2.00 bits per heavy atom. The van der Waals surface area contributed by atoms with Gasteiger partial charge in [0, 0.05) is 9.85 Å². The fourth-order valence-electron chi connectivity index (χ4n) is 3.21. The standard InChI is InChI=1S/C17H23BrClF/c1-17(2,3)13-4-6-15(18)11(9-13)8-12-10-14(19)5-7-16(12)20/h5,7,10-11,13,15H,4,6,8-9H2,1-3H3. The number of benzene rings is 1. The Balaban J connectivity index is 2.12. The molecule has 0 radical (unpaired) electrons. The topological polar surface area (TPSA) is 0 Å². The van der Waals surface area contributed by atoms with Gasteiger partial charge in [0.25, 0.3) is 0 Å². The average Bonchev–Trinajstić information content (AvgIpc) is 2.35. The fraction of sp³-hybridized carbons (Fsp3) is 0.647. The van der Waals surface area contributed by atoms with Crippen LogP contribution in [0.1, 0.15) is 45.6 Å². The van der Waals surface area contributed by atoms with E-state index in [9.17, 15) is 4.39 Å². The molecule has 0 N–H and O–H groups in total. The van der Waals surface area contributed by atoms with Crippen molar-refractivity contribution in [1.29, 1.82) is 0 Å². The van der Waals surface area contributed by atoms with Crippen LogP contribution in [0.3, 0.4) is 0 Å². The van der Waals surface area contributed by atoms with Crippen molar-refractivity contribution in [1.82, 2.24) is 0 Å². The van der Waals surface area contributed by atoms with E-state index in [0.29, 0.717) is 27.1 Å². The summed E-state index contributed by atoms with van der Waals surface area (Å²) in [5.41, 5.74) is 1.08. The van der Waals surface area contributed by atoms with Crippen LogP contribution in [-0.4, -0.2) is 4.83 Å². The van der Waals surface area contributed by atoms with Crippen molar-refractivity contribution in [3.05, 3.63) is 34.6 Å². The van der Waals surface area contributed by atoms with Gasteiger partial charge in [-0.2, -0.15) is 0 Å². The van der Waals surface area contributed by atoms with Crippen LogP contribution in [0.15, 0.2) is 18.2 Å². The summed E-state index contributed by atoms with van der Waals surface area (Å²) in [6, 6.07) is 4.87. The van der Waals surface area contributed by atoms with Crippen molar-refractivity contribution >= 4 is 27.5 Å². The van der Waals surface area contributed by atoms with Crippen molar-refractivity contribution < 1.29 is 4.39 Å². The third kappa shape index (κ3) is 3.98. The second-order valence-electron chi connectivity index (χ2n) is 7.09. The van der Waals surface area contributed by atoms with Gasteiger partial charge in [-0.15, -0.1) is 0 Å². The summed E-state index contributed by atoms with van der Waals surface area (Å²) in [5, 5.41) is 0.621. The largest absolute Gasteiger partial charge is 0.207 e. The van der Waals surface area contributed by atoms with Crippen LogP contribution in [0.5, 0.6) is 0 Å². The van der Waals surface area contributed by atoms with Crippen molar-refractivity contribution in [3.8, 4) is 0 Å². The second kappa shape index (κ2) is 6.36. The minimum absolute atomic E-state index is 0.132. The predicted octanol–water partition coefficient (Wildman–Crippen LogP) is 6.25. The van der Waals surface area contributed by atoms with E-state index >= 15 is 0 Å². The summed E-state index contributed by atoms with van der Waals surface area (Å²) in [4.78, 5) is 0.486. The monoisotopic (exact) mass is 360 g/mol. The molecule has 0 spiro atoms. The molecular formula is C17H23BrClF. The summed E-state index contributed by atoms with van der Waals surface area (Å²) in [6.07, 6.45) is 4.36. The molecule has 0 heterocycles. The molecule has 1 aromatic carbocycles. The highest BCUT2D eigenvalue weighted by atomic mass is 79.9. The first-order valence-corrected chi connectivity index (χ1v) is 8.64. The van der Waals surface area contributed by atoms with E-state index in [1.54, 1.807) is 12.1 Å². The van der Waals surface area contributed by atoms with Crippen molar-refractivity contribution in [2.75, 3.05) is 0 Å². The SMILES string of the molecule is CC(C)(C)C1CCC(Br)C(Cc2cc(Cl)ccc2F)C1. The first kappa shape index (κ1) is 16.3. The number of alkyl halides is 1. The summed E-state index contributed by atoms with van der Waals surface area (Å²) in [7, 11) is 0. The number of hydrogen-bond acceptors (Lipinski definition) is 0. The lowest BCUT2D eigenvalue weighted by Crippen LogP contribution is -2.33.